The van der Waals surface area contributed by atoms with E-state index in [9.17, 15) is 62.3 Å². The van der Waals surface area contributed by atoms with Crippen molar-refractivity contribution in [3.63, 3.8) is 0 Å². The minimum atomic E-state index is -6.80. The molecule has 0 fully saturated rings. The van der Waals surface area contributed by atoms with Crippen LogP contribution in [-0.4, -0.2) is 24.2 Å². The second kappa shape index (κ2) is 10.8. The van der Waals surface area contributed by atoms with Crippen LogP contribution in [0.1, 0.15) is 31.8 Å². The Balaban J connectivity index is 2.21. The highest BCUT2D eigenvalue weighted by atomic mass is 79.9. The van der Waals surface area contributed by atoms with Crippen molar-refractivity contribution in [1.82, 2.24) is 0 Å². The molecule has 0 spiro atoms. The maximum absolute atomic E-state index is 15.3. The molecule has 0 heterocycles. The van der Waals surface area contributed by atoms with Crippen molar-refractivity contribution in [2.45, 2.75) is 24.2 Å². The van der Waals surface area contributed by atoms with Crippen molar-refractivity contribution in [3.05, 3.63) is 86.6 Å². The van der Waals surface area contributed by atoms with Gasteiger partial charge in [-0.3, -0.25) is 9.59 Å². The monoisotopic (exact) mass is 684 g/mol. The molecule has 3 N–H and O–H groups in total. The van der Waals surface area contributed by atoms with E-state index in [1.165, 1.54) is 5.32 Å². The van der Waals surface area contributed by atoms with E-state index in [1.807, 2.05) is 0 Å². The second-order valence-corrected chi connectivity index (χ2v) is 9.16. The number of anilines is 1. The van der Waals surface area contributed by atoms with Gasteiger partial charge in [-0.15, -0.1) is 0 Å². The lowest BCUT2D eigenvalue weighted by Crippen LogP contribution is -2.50. The maximum atomic E-state index is 15.3. The first-order valence-electron chi connectivity index (χ1n) is 10.7. The molecule has 0 saturated heterocycles. The molecule has 3 aromatic rings. The highest BCUT2D eigenvalue weighted by Gasteiger charge is 2.73. The lowest BCUT2D eigenvalue weighted by molar-refractivity contribution is -0.348. The molecule has 0 unspecified atom stereocenters. The topological polar surface area (TPSA) is 72.2 Å². The molecule has 4 nitrogen and oxygen atoms in total. The molecule has 0 saturated carbocycles. The fourth-order valence-electron chi connectivity index (χ4n) is 3.72. The molecule has 42 heavy (non-hydrogen) atoms. The number of nitrogens with two attached hydrogens (primary N) is 1. The Morgan fingerprint density at radius 1 is 0.762 bits per heavy atom. The molecule has 18 heteroatoms. The van der Waals surface area contributed by atoms with Gasteiger partial charge in [0.05, 0.1) is 16.8 Å². The van der Waals surface area contributed by atoms with Crippen LogP contribution >= 0.6 is 15.9 Å². The summed E-state index contributed by atoms with van der Waals surface area (Å²) in [6.45, 7) is 0. The van der Waals surface area contributed by atoms with Gasteiger partial charge in [-0.05, 0) is 46.3 Å². The summed E-state index contributed by atoms with van der Waals surface area (Å²) in [4.78, 5) is 24.1. The Morgan fingerprint density at radius 2 is 1.31 bits per heavy atom. The summed E-state index contributed by atoms with van der Waals surface area (Å²) in [6.07, 6.45) is -19.5. The summed E-state index contributed by atoms with van der Waals surface area (Å²) in [5.74, 6) is -8.46. The number of carbonyl (C=O) groups is 2. The Bertz CT molecular complexity index is 1570. The number of amides is 2. The first kappa shape index (κ1) is 32.7. The number of benzene rings is 3. The van der Waals surface area contributed by atoms with Gasteiger partial charge in [-0.25, -0.2) is 17.6 Å². The minimum absolute atomic E-state index is 0.361. The number of nitrogens with one attached hydrogen (secondary N) is 1. The number of primary amides is 1. The Hall–Kier alpha value is -3.83. The largest absolute Gasteiger partial charge is 0.435 e. The molecule has 0 bridgehead atoms. The first-order valence-corrected chi connectivity index (χ1v) is 11.4. The van der Waals surface area contributed by atoms with E-state index in [0.717, 1.165) is 18.2 Å². The average molecular weight is 685 g/mol. The maximum Gasteiger partial charge on any atom is 0.435 e. The van der Waals surface area contributed by atoms with Crippen LogP contribution in [0.5, 0.6) is 0 Å². The van der Waals surface area contributed by atoms with Crippen molar-refractivity contribution in [2.24, 2.45) is 5.73 Å². The van der Waals surface area contributed by atoms with E-state index in [2.05, 4.69) is 15.9 Å². The Morgan fingerprint density at radius 3 is 1.81 bits per heavy atom. The average Bonchev–Trinajstić information content (AvgIpc) is 2.83. The zero-order valence-electron chi connectivity index (χ0n) is 19.7. The standard InChI is InChI=1S/C24H10BrF13N2O2/c25-13-7-8(21(29,23(33,34)35)24(36,37)38)6-12(22(30,31)32)18(13)40-20(42)15-14(26)5-4-10(17(15)28)9-2-1-3-11(16(9)27)19(39)41/h1-7H,(H2,39,41)(H,40,42). The Labute approximate surface area is 233 Å². The SMILES string of the molecule is NC(=O)c1cccc(-c2ccc(F)c(C(=O)Nc3c(Br)cc(C(F)(C(F)(F)F)C(F)(F)F)cc3C(F)(F)F)c2F)c1F. The van der Waals surface area contributed by atoms with Crippen LogP contribution in [0.3, 0.4) is 0 Å². The molecule has 3 rings (SSSR count). The molecule has 0 radical (unpaired) electrons. The van der Waals surface area contributed by atoms with Crippen molar-refractivity contribution in [3.8, 4) is 11.1 Å². The molecule has 2 amide bonds. The number of hydrogen-bond donors (Lipinski definition) is 2. The van der Waals surface area contributed by atoms with Crippen LogP contribution in [0.2, 0.25) is 0 Å². The molecule has 0 aliphatic heterocycles. The van der Waals surface area contributed by atoms with Gasteiger partial charge in [0.25, 0.3) is 11.8 Å². The predicted octanol–water partition coefficient (Wildman–Crippen LogP) is 8.19. The minimum Gasteiger partial charge on any atom is -0.366 e. The number of hydrogen-bond acceptors (Lipinski definition) is 2. The lowest BCUT2D eigenvalue weighted by Gasteiger charge is -2.31. The smallest absolute Gasteiger partial charge is 0.366 e. The van der Waals surface area contributed by atoms with Crippen molar-refractivity contribution < 1.29 is 66.7 Å². The van der Waals surface area contributed by atoms with Gasteiger partial charge in [-0.1, -0.05) is 12.1 Å². The van der Waals surface area contributed by atoms with E-state index in [-0.39, 0.29) is 6.07 Å². The highest BCUT2D eigenvalue weighted by Crippen LogP contribution is 2.55. The van der Waals surface area contributed by atoms with Crippen LogP contribution in [0.4, 0.5) is 62.8 Å². The molecule has 0 aliphatic rings. The van der Waals surface area contributed by atoms with Crippen LogP contribution < -0.4 is 11.1 Å². The number of rotatable bonds is 5. The van der Waals surface area contributed by atoms with Crippen molar-refractivity contribution >= 4 is 33.4 Å². The summed E-state index contributed by atoms with van der Waals surface area (Å²) in [7, 11) is 0. The summed E-state index contributed by atoms with van der Waals surface area (Å²) in [5, 5.41) is 1.32. The van der Waals surface area contributed by atoms with E-state index < -0.39 is 103 Å². The number of carbonyl (C=O) groups excluding carboxylic acids is 2. The Kier molecular flexibility index (Phi) is 8.39. The highest BCUT2D eigenvalue weighted by molar-refractivity contribution is 9.10. The summed E-state index contributed by atoms with van der Waals surface area (Å²) >= 11 is 2.24. The molecule has 226 valence electrons. The third kappa shape index (κ3) is 5.63. The van der Waals surface area contributed by atoms with Gasteiger partial charge < -0.3 is 11.1 Å². The molecular weight excluding hydrogens is 675 g/mol. The predicted molar refractivity (Wildman–Crippen MR) is 122 cm³/mol. The van der Waals surface area contributed by atoms with Gasteiger partial charge in [0, 0.05) is 21.2 Å². The fourth-order valence-corrected chi connectivity index (χ4v) is 4.28. The van der Waals surface area contributed by atoms with Gasteiger partial charge in [0.2, 0.25) is 0 Å². The normalized spacial score (nSPS) is 12.8. The number of halogens is 14. The molecule has 0 atom stereocenters. The first-order chi connectivity index (χ1) is 19.0. The van der Waals surface area contributed by atoms with Gasteiger partial charge in [-0.2, -0.15) is 39.5 Å². The molecular formula is C24H10BrF13N2O2. The van der Waals surface area contributed by atoms with Gasteiger partial charge in [0.1, 0.15) is 23.0 Å². The van der Waals surface area contributed by atoms with E-state index in [0.29, 0.717) is 12.1 Å². The van der Waals surface area contributed by atoms with Gasteiger partial charge in [0.15, 0.2) is 0 Å². The molecule has 0 aliphatic carbocycles. The van der Waals surface area contributed by atoms with Crippen LogP contribution in [-0.2, 0) is 11.8 Å². The van der Waals surface area contributed by atoms with Crippen LogP contribution in [0.25, 0.3) is 11.1 Å². The summed E-state index contributed by atoms with van der Waals surface area (Å²) < 4.78 is 178. The zero-order chi connectivity index (χ0) is 32.2. The number of alkyl halides is 10. The second-order valence-electron chi connectivity index (χ2n) is 8.30. The lowest BCUT2D eigenvalue weighted by atomic mass is 9.91. The van der Waals surface area contributed by atoms with E-state index in [4.69, 9.17) is 5.73 Å². The van der Waals surface area contributed by atoms with Crippen molar-refractivity contribution in [1.29, 1.82) is 0 Å². The van der Waals surface area contributed by atoms with Crippen molar-refractivity contribution in [2.75, 3.05) is 5.32 Å². The summed E-state index contributed by atoms with van der Waals surface area (Å²) in [6, 6.07) is 2.49. The molecule has 3 aromatic carbocycles. The quantitative estimate of drug-likeness (QED) is 0.266. The third-order valence-corrected chi connectivity index (χ3v) is 6.31. The van der Waals surface area contributed by atoms with Crippen LogP contribution in [0.15, 0.2) is 46.9 Å². The van der Waals surface area contributed by atoms with Gasteiger partial charge >= 0.3 is 24.2 Å². The zero-order valence-corrected chi connectivity index (χ0v) is 21.3. The third-order valence-electron chi connectivity index (χ3n) is 5.69. The fraction of sp³-hybridized carbons (Fsp3) is 0.167. The summed E-state index contributed by atoms with van der Waals surface area (Å²) in [5.41, 5.74) is -12.1. The van der Waals surface area contributed by atoms with E-state index in [1.54, 1.807) is 0 Å². The van der Waals surface area contributed by atoms with E-state index >= 15 is 4.39 Å². The molecule has 0 aromatic heterocycles. The van der Waals surface area contributed by atoms with Crippen LogP contribution in [0, 0.1) is 17.5 Å².